The minimum absolute atomic E-state index is 0.0540. The number of hydrazone groups is 1. The Bertz CT molecular complexity index is 1450. The van der Waals surface area contributed by atoms with Crippen LogP contribution in [0.25, 0.3) is 0 Å². The van der Waals surface area contributed by atoms with Gasteiger partial charge in [0, 0.05) is 12.1 Å². The van der Waals surface area contributed by atoms with Gasteiger partial charge in [-0.15, -0.1) is 0 Å². The monoisotopic (exact) mass is 513 g/mol. The Morgan fingerprint density at radius 1 is 1.00 bits per heavy atom. The summed E-state index contributed by atoms with van der Waals surface area (Å²) in [7, 11) is -5.91. The molecule has 10 heteroatoms. The SMILES string of the molecule is CCS(=O)(=O)Nc1cccc(C2=NN(S(=O)(=O)c3ccc(OC)cc3)[C@@H](c3ccc(C)cc3)C2)c1. The van der Waals surface area contributed by atoms with Crippen LogP contribution in [0, 0.1) is 6.92 Å². The maximum atomic E-state index is 13.6. The van der Waals surface area contributed by atoms with Gasteiger partial charge in [-0.25, -0.2) is 8.42 Å². The summed E-state index contributed by atoms with van der Waals surface area (Å²) in [6.07, 6.45) is 0.336. The molecule has 0 saturated heterocycles. The Morgan fingerprint density at radius 3 is 2.31 bits per heavy atom. The second kappa shape index (κ2) is 9.71. The lowest BCUT2D eigenvalue weighted by Gasteiger charge is -2.23. The predicted molar refractivity (Wildman–Crippen MR) is 137 cm³/mol. The van der Waals surface area contributed by atoms with Crippen LogP contribution in [0.3, 0.4) is 0 Å². The normalized spacial score (nSPS) is 16.1. The van der Waals surface area contributed by atoms with Crippen LogP contribution in [-0.2, 0) is 20.0 Å². The zero-order valence-corrected chi connectivity index (χ0v) is 21.3. The molecule has 0 amide bonds. The van der Waals surface area contributed by atoms with E-state index >= 15 is 0 Å². The zero-order chi connectivity index (χ0) is 25.2. The van der Waals surface area contributed by atoms with Gasteiger partial charge in [-0.2, -0.15) is 17.9 Å². The third-order valence-electron chi connectivity index (χ3n) is 5.79. The van der Waals surface area contributed by atoms with Gasteiger partial charge in [0.1, 0.15) is 5.75 Å². The Hall–Kier alpha value is -3.37. The third-order valence-corrected chi connectivity index (χ3v) is 8.79. The van der Waals surface area contributed by atoms with Crippen LogP contribution in [-0.4, -0.2) is 39.8 Å². The van der Waals surface area contributed by atoms with E-state index in [1.807, 2.05) is 31.2 Å². The first-order valence-corrected chi connectivity index (χ1v) is 14.2. The molecule has 0 aromatic heterocycles. The Balaban J connectivity index is 1.76. The molecule has 0 bridgehead atoms. The maximum absolute atomic E-state index is 13.6. The first-order valence-electron chi connectivity index (χ1n) is 11.1. The summed E-state index contributed by atoms with van der Waals surface area (Å²) >= 11 is 0. The fourth-order valence-electron chi connectivity index (χ4n) is 3.79. The molecule has 0 unspecified atom stereocenters. The summed E-state index contributed by atoms with van der Waals surface area (Å²) in [6, 6.07) is 20.1. The van der Waals surface area contributed by atoms with E-state index in [2.05, 4.69) is 9.82 Å². The minimum atomic E-state index is -3.98. The summed E-state index contributed by atoms with van der Waals surface area (Å²) in [5.74, 6) is 0.498. The van der Waals surface area contributed by atoms with Crippen molar-refractivity contribution in [1.82, 2.24) is 4.41 Å². The number of anilines is 1. The van der Waals surface area contributed by atoms with Crippen molar-refractivity contribution in [1.29, 1.82) is 0 Å². The van der Waals surface area contributed by atoms with Gasteiger partial charge in [-0.1, -0.05) is 42.0 Å². The van der Waals surface area contributed by atoms with Crippen LogP contribution in [0.15, 0.2) is 82.8 Å². The number of methoxy groups -OCH3 is 1. The van der Waals surface area contributed by atoms with E-state index < -0.39 is 26.1 Å². The van der Waals surface area contributed by atoms with E-state index in [4.69, 9.17) is 4.74 Å². The van der Waals surface area contributed by atoms with Crippen molar-refractivity contribution in [3.05, 3.63) is 89.5 Å². The summed E-state index contributed by atoms with van der Waals surface area (Å²) < 4.78 is 60.1. The minimum Gasteiger partial charge on any atom is -0.497 e. The van der Waals surface area contributed by atoms with Gasteiger partial charge in [0.05, 0.1) is 29.5 Å². The van der Waals surface area contributed by atoms with Crippen molar-refractivity contribution in [3.63, 3.8) is 0 Å². The smallest absolute Gasteiger partial charge is 0.279 e. The molecular weight excluding hydrogens is 486 g/mol. The molecule has 1 N–H and O–H groups in total. The lowest BCUT2D eigenvalue weighted by Crippen LogP contribution is -2.27. The van der Waals surface area contributed by atoms with E-state index in [-0.39, 0.29) is 10.6 Å². The molecule has 1 aliphatic rings. The summed E-state index contributed by atoms with van der Waals surface area (Å²) in [5, 5.41) is 4.54. The standard InChI is InChI=1S/C25H27N3O5S2/c1-4-34(29,30)27-21-7-5-6-20(16-21)24-17-25(19-10-8-18(2)9-11-19)28(26-24)35(31,32)23-14-12-22(33-3)13-15-23/h5-16,25,27H,4,17H2,1-3H3/t25-/m1/s1. The highest BCUT2D eigenvalue weighted by atomic mass is 32.2. The molecular formula is C25H27N3O5S2. The largest absolute Gasteiger partial charge is 0.497 e. The summed E-state index contributed by atoms with van der Waals surface area (Å²) in [6.45, 7) is 3.52. The van der Waals surface area contributed by atoms with Crippen LogP contribution < -0.4 is 9.46 Å². The Labute approximate surface area is 206 Å². The van der Waals surface area contributed by atoms with Crippen LogP contribution in [0.5, 0.6) is 5.75 Å². The average molecular weight is 514 g/mol. The molecule has 0 radical (unpaired) electrons. The Morgan fingerprint density at radius 2 is 1.69 bits per heavy atom. The quantitative estimate of drug-likeness (QED) is 0.483. The molecule has 4 rings (SSSR count). The average Bonchev–Trinajstić information content (AvgIpc) is 3.31. The van der Waals surface area contributed by atoms with Gasteiger partial charge < -0.3 is 4.74 Å². The zero-order valence-electron chi connectivity index (χ0n) is 19.7. The summed E-state index contributed by atoms with van der Waals surface area (Å²) in [5.41, 5.74) is 3.47. The molecule has 0 fully saturated rings. The lowest BCUT2D eigenvalue weighted by molar-refractivity contribution is 0.371. The van der Waals surface area contributed by atoms with E-state index in [0.717, 1.165) is 15.5 Å². The van der Waals surface area contributed by atoms with Gasteiger partial charge in [0.15, 0.2) is 0 Å². The molecule has 1 atom stereocenters. The predicted octanol–water partition coefficient (Wildman–Crippen LogP) is 4.31. The van der Waals surface area contributed by atoms with Gasteiger partial charge >= 0.3 is 0 Å². The van der Waals surface area contributed by atoms with Crippen LogP contribution in [0.1, 0.15) is 36.1 Å². The van der Waals surface area contributed by atoms with E-state index in [0.29, 0.717) is 29.1 Å². The van der Waals surface area contributed by atoms with Crippen molar-refractivity contribution >= 4 is 31.4 Å². The van der Waals surface area contributed by atoms with Gasteiger partial charge in [0.2, 0.25) is 10.0 Å². The van der Waals surface area contributed by atoms with E-state index in [9.17, 15) is 16.8 Å². The van der Waals surface area contributed by atoms with Crippen LogP contribution in [0.2, 0.25) is 0 Å². The molecule has 0 saturated carbocycles. The van der Waals surface area contributed by atoms with E-state index in [1.54, 1.807) is 43.3 Å². The number of nitrogens with one attached hydrogen (secondary N) is 1. The van der Waals surface area contributed by atoms with Crippen molar-refractivity contribution in [2.75, 3.05) is 17.6 Å². The molecule has 1 aliphatic heterocycles. The lowest BCUT2D eigenvalue weighted by atomic mass is 9.98. The highest BCUT2D eigenvalue weighted by Gasteiger charge is 2.37. The molecule has 3 aromatic carbocycles. The molecule has 35 heavy (non-hydrogen) atoms. The van der Waals surface area contributed by atoms with Crippen molar-refractivity contribution in [2.24, 2.45) is 5.10 Å². The first kappa shape index (κ1) is 24.7. The van der Waals surface area contributed by atoms with E-state index in [1.165, 1.54) is 19.2 Å². The number of benzene rings is 3. The van der Waals surface area contributed by atoms with Crippen LogP contribution >= 0.6 is 0 Å². The third kappa shape index (κ3) is 5.33. The molecule has 8 nitrogen and oxygen atoms in total. The fourth-order valence-corrected chi connectivity index (χ4v) is 5.85. The topological polar surface area (TPSA) is 105 Å². The van der Waals surface area contributed by atoms with Crippen LogP contribution in [0.4, 0.5) is 5.69 Å². The number of sulfonamides is 2. The molecule has 0 aliphatic carbocycles. The Kier molecular flexibility index (Phi) is 6.86. The van der Waals surface area contributed by atoms with Crippen molar-refractivity contribution in [2.45, 2.75) is 31.2 Å². The number of rotatable bonds is 8. The molecule has 1 heterocycles. The molecule has 184 valence electrons. The number of ether oxygens (including phenoxy) is 1. The van der Waals surface area contributed by atoms with Gasteiger partial charge in [-0.05, 0) is 61.4 Å². The van der Waals surface area contributed by atoms with Crippen molar-refractivity contribution < 1.29 is 21.6 Å². The van der Waals surface area contributed by atoms with Gasteiger partial charge in [-0.3, -0.25) is 4.72 Å². The molecule has 3 aromatic rings. The summed E-state index contributed by atoms with van der Waals surface area (Å²) in [4.78, 5) is 0.102. The first-order chi connectivity index (χ1) is 16.6. The fraction of sp³-hybridized carbons (Fsp3) is 0.240. The number of nitrogens with zero attached hydrogens (tertiary/aromatic N) is 2. The number of aryl methyl sites for hydroxylation is 1. The maximum Gasteiger partial charge on any atom is 0.279 e. The second-order valence-electron chi connectivity index (χ2n) is 8.22. The molecule has 0 spiro atoms. The highest BCUT2D eigenvalue weighted by Crippen LogP contribution is 2.37. The number of hydrogen-bond donors (Lipinski definition) is 1. The number of hydrogen-bond acceptors (Lipinski definition) is 6. The highest BCUT2D eigenvalue weighted by molar-refractivity contribution is 7.92. The second-order valence-corrected chi connectivity index (χ2v) is 12.0. The van der Waals surface area contributed by atoms with Gasteiger partial charge in [0.25, 0.3) is 10.0 Å². The van der Waals surface area contributed by atoms with Crippen molar-refractivity contribution in [3.8, 4) is 5.75 Å².